The largest absolute Gasteiger partial charge is 0.344 e. The second-order valence-corrected chi connectivity index (χ2v) is 8.94. The molecule has 4 atom stereocenters. The van der Waals surface area contributed by atoms with E-state index in [0.717, 1.165) is 5.92 Å². The summed E-state index contributed by atoms with van der Waals surface area (Å²) in [6.45, 7) is 16.1. The highest BCUT2D eigenvalue weighted by molar-refractivity contribution is 5.16. The molecule has 2 heteroatoms. The average molecular weight is 266 g/mol. The molecule has 1 saturated heterocycles. The van der Waals surface area contributed by atoms with Crippen LogP contribution in [-0.4, -0.2) is 17.5 Å². The van der Waals surface area contributed by atoms with Crippen molar-refractivity contribution in [1.82, 2.24) is 0 Å². The molecular formula is C17H30O2. The van der Waals surface area contributed by atoms with E-state index in [9.17, 15) is 0 Å². The van der Waals surface area contributed by atoms with E-state index in [2.05, 4.69) is 48.5 Å². The van der Waals surface area contributed by atoms with Gasteiger partial charge in [-0.05, 0) is 62.7 Å². The van der Waals surface area contributed by atoms with E-state index in [1.54, 1.807) is 0 Å². The van der Waals surface area contributed by atoms with Gasteiger partial charge in [-0.2, -0.15) is 0 Å². The van der Waals surface area contributed by atoms with Crippen molar-refractivity contribution in [3.8, 4) is 0 Å². The van der Waals surface area contributed by atoms with Crippen LogP contribution in [0.15, 0.2) is 0 Å². The summed E-state index contributed by atoms with van der Waals surface area (Å²) >= 11 is 0. The van der Waals surface area contributed by atoms with Crippen LogP contribution in [0.1, 0.15) is 67.7 Å². The molecule has 2 nitrogen and oxygen atoms in total. The Kier molecular flexibility index (Phi) is 2.61. The average Bonchev–Trinajstić information content (AvgIpc) is 2.58. The Morgan fingerprint density at radius 1 is 1.00 bits per heavy atom. The molecule has 3 rings (SSSR count). The van der Waals surface area contributed by atoms with Gasteiger partial charge in [-0.25, -0.2) is 0 Å². The van der Waals surface area contributed by atoms with Crippen molar-refractivity contribution in [3.05, 3.63) is 0 Å². The van der Waals surface area contributed by atoms with Crippen LogP contribution in [0.4, 0.5) is 0 Å². The summed E-state index contributed by atoms with van der Waals surface area (Å²) < 4.78 is 12.7. The van der Waals surface area contributed by atoms with E-state index in [1.807, 2.05) is 0 Å². The smallest absolute Gasteiger partial charge is 0.164 e. The first-order valence-electron chi connectivity index (χ1n) is 7.89. The second-order valence-electron chi connectivity index (χ2n) is 8.94. The van der Waals surface area contributed by atoms with Crippen LogP contribution in [0.2, 0.25) is 0 Å². The first kappa shape index (κ1) is 13.9. The Bertz CT molecular complexity index is 398. The zero-order valence-electron chi connectivity index (χ0n) is 13.7. The Morgan fingerprint density at radius 3 is 2.21 bits per heavy atom. The number of hydrogen-bond donors (Lipinski definition) is 0. The fraction of sp³-hybridized carbons (Fsp3) is 1.00. The van der Waals surface area contributed by atoms with Crippen LogP contribution < -0.4 is 0 Å². The third-order valence-corrected chi connectivity index (χ3v) is 6.40. The number of fused-ring (bicyclic) bond motifs is 4. The lowest BCUT2D eigenvalue weighted by molar-refractivity contribution is -0.175. The van der Waals surface area contributed by atoms with Crippen molar-refractivity contribution in [2.45, 2.75) is 85.2 Å². The van der Waals surface area contributed by atoms with E-state index in [4.69, 9.17) is 9.47 Å². The minimum Gasteiger partial charge on any atom is -0.344 e. The second kappa shape index (κ2) is 3.57. The first-order valence-corrected chi connectivity index (χ1v) is 7.89. The predicted octanol–water partition coefficient (Wildman–Crippen LogP) is 4.38. The third kappa shape index (κ3) is 1.75. The lowest BCUT2D eigenvalue weighted by Crippen LogP contribution is -2.52. The molecule has 3 aliphatic rings. The Hall–Kier alpha value is -0.0800. The SMILES string of the molecule is CC(C)[C@]12C[C@@H]3OC(C)(C)O[C@]3(C)[C@H](C1)C(C)(C)C2. The number of rotatable bonds is 1. The maximum atomic E-state index is 6.41. The lowest BCUT2D eigenvalue weighted by Gasteiger charge is -2.47. The van der Waals surface area contributed by atoms with Gasteiger partial charge in [-0.3, -0.25) is 0 Å². The fourth-order valence-electron chi connectivity index (χ4n) is 5.58. The topological polar surface area (TPSA) is 18.5 Å². The molecule has 2 aliphatic carbocycles. The van der Waals surface area contributed by atoms with Gasteiger partial charge in [-0.1, -0.05) is 27.7 Å². The molecular weight excluding hydrogens is 236 g/mol. The molecule has 110 valence electrons. The summed E-state index contributed by atoms with van der Waals surface area (Å²) in [6, 6.07) is 0. The van der Waals surface area contributed by atoms with Crippen molar-refractivity contribution in [2.75, 3.05) is 0 Å². The van der Waals surface area contributed by atoms with Crippen molar-refractivity contribution >= 4 is 0 Å². The van der Waals surface area contributed by atoms with Crippen LogP contribution >= 0.6 is 0 Å². The van der Waals surface area contributed by atoms with E-state index < -0.39 is 5.79 Å². The molecule has 0 amide bonds. The molecule has 0 unspecified atom stereocenters. The van der Waals surface area contributed by atoms with E-state index >= 15 is 0 Å². The molecule has 0 aromatic carbocycles. The van der Waals surface area contributed by atoms with E-state index in [0.29, 0.717) is 16.7 Å². The molecule has 19 heavy (non-hydrogen) atoms. The monoisotopic (exact) mass is 266 g/mol. The highest BCUT2D eigenvalue weighted by atomic mass is 16.8. The Labute approximate surface area is 118 Å². The number of hydrogen-bond acceptors (Lipinski definition) is 2. The molecule has 2 saturated carbocycles. The van der Waals surface area contributed by atoms with E-state index in [1.165, 1.54) is 19.3 Å². The summed E-state index contributed by atoms with van der Waals surface area (Å²) in [4.78, 5) is 0. The van der Waals surface area contributed by atoms with Crippen molar-refractivity contribution in [1.29, 1.82) is 0 Å². The van der Waals surface area contributed by atoms with Crippen molar-refractivity contribution in [3.63, 3.8) is 0 Å². The summed E-state index contributed by atoms with van der Waals surface area (Å²) in [6.07, 6.45) is 4.07. The minimum absolute atomic E-state index is 0.0953. The van der Waals surface area contributed by atoms with Gasteiger partial charge in [0.1, 0.15) is 0 Å². The molecule has 0 aromatic rings. The van der Waals surface area contributed by atoms with E-state index in [-0.39, 0.29) is 11.7 Å². The summed E-state index contributed by atoms with van der Waals surface area (Å²) in [5.41, 5.74) is 0.724. The Morgan fingerprint density at radius 2 is 1.63 bits per heavy atom. The summed E-state index contributed by atoms with van der Waals surface area (Å²) in [5, 5.41) is 0. The molecule has 0 radical (unpaired) electrons. The summed E-state index contributed by atoms with van der Waals surface area (Å²) in [5.74, 6) is 0.926. The van der Waals surface area contributed by atoms with Crippen LogP contribution in [0, 0.1) is 22.7 Å². The fourth-order valence-corrected chi connectivity index (χ4v) is 5.58. The lowest BCUT2D eigenvalue weighted by atomic mass is 9.63. The van der Waals surface area contributed by atoms with Gasteiger partial charge in [0.05, 0.1) is 11.7 Å². The molecule has 2 bridgehead atoms. The number of ether oxygens (including phenoxy) is 2. The standard InChI is InChI=1S/C17H30O2/c1-11(2)17-8-12(14(3,4)10-17)16(7)13(9-17)18-15(5,6)19-16/h11-13H,8-10H2,1-7H3/t12-,13+,16-,17+/m1/s1. The minimum atomic E-state index is -0.419. The van der Waals surface area contributed by atoms with Gasteiger partial charge < -0.3 is 9.47 Å². The molecule has 1 aliphatic heterocycles. The molecule has 0 N–H and O–H groups in total. The quantitative estimate of drug-likeness (QED) is 0.701. The molecule has 0 spiro atoms. The van der Waals surface area contributed by atoms with Gasteiger partial charge in [0.15, 0.2) is 5.79 Å². The maximum absolute atomic E-state index is 6.41. The molecule has 3 fully saturated rings. The van der Waals surface area contributed by atoms with Gasteiger partial charge >= 0.3 is 0 Å². The van der Waals surface area contributed by atoms with Gasteiger partial charge in [0.2, 0.25) is 0 Å². The van der Waals surface area contributed by atoms with Crippen LogP contribution in [0.3, 0.4) is 0 Å². The van der Waals surface area contributed by atoms with Crippen LogP contribution in [0.25, 0.3) is 0 Å². The predicted molar refractivity (Wildman–Crippen MR) is 76.8 cm³/mol. The highest BCUT2D eigenvalue weighted by Crippen LogP contribution is 2.68. The maximum Gasteiger partial charge on any atom is 0.164 e. The zero-order valence-corrected chi connectivity index (χ0v) is 13.7. The van der Waals surface area contributed by atoms with Gasteiger partial charge in [0, 0.05) is 0 Å². The van der Waals surface area contributed by atoms with Crippen molar-refractivity contribution in [2.24, 2.45) is 22.7 Å². The zero-order chi connectivity index (χ0) is 14.3. The van der Waals surface area contributed by atoms with Gasteiger partial charge in [-0.15, -0.1) is 0 Å². The summed E-state index contributed by atoms with van der Waals surface area (Å²) in [7, 11) is 0. The molecule has 1 heterocycles. The van der Waals surface area contributed by atoms with Crippen LogP contribution in [0.5, 0.6) is 0 Å². The molecule has 0 aromatic heterocycles. The normalized spacial score (nSPS) is 50.5. The van der Waals surface area contributed by atoms with Crippen LogP contribution in [-0.2, 0) is 9.47 Å². The Balaban J connectivity index is 2.03. The van der Waals surface area contributed by atoms with Gasteiger partial charge in [0.25, 0.3) is 0 Å². The van der Waals surface area contributed by atoms with Crippen molar-refractivity contribution < 1.29 is 9.47 Å². The highest BCUT2D eigenvalue weighted by Gasteiger charge is 2.68. The first-order chi connectivity index (χ1) is 8.51. The third-order valence-electron chi connectivity index (χ3n) is 6.40.